The minimum Gasteiger partial charge on any atom is -0.480 e. The van der Waals surface area contributed by atoms with E-state index >= 15 is 0 Å². The number of amides is 3. The Morgan fingerprint density at radius 3 is 2.00 bits per heavy atom. The molecule has 14 nitrogen and oxygen atoms in total. The Morgan fingerprint density at radius 2 is 1.53 bits per heavy atom. The highest BCUT2D eigenvalue weighted by atomic mass is 16.5. The average Bonchev–Trinajstić information content (AvgIpc) is 2.85. The van der Waals surface area contributed by atoms with Crippen molar-refractivity contribution in [2.45, 2.75) is 52.8 Å². The summed E-state index contributed by atoms with van der Waals surface area (Å²) in [4.78, 5) is 62.7. The molecule has 0 heterocycles. The van der Waals surface area contributed by atoms with Crippen molar-refractivity contribution in [2.24, 2.45) is 11.8 Å². The Morgan fingerprint density at radius 1 is 0.947 bits per heavy atom. The summed E-state index contributed by atoms with van der Waals surface area (Å²) in [6.07, 6.45) is 0.823. The van der Waals surface area contributed by atoms with Crippen molar-refractivity contribution in [3.05, 3.63) is 47.0 Å². The fourth-order valence-electron chi connectivity index (χ4n) is 2.82. The molecule has 0 saturated carbocycles. The number of ketones is 1. The minimum atomic E-state index is -1.18. The molecular formula is C24H33N7O7. The van der Waals surface area contributed by atoms with Crippen LogP contribution < -0.4 is 16.0 Å². The molecule has 0 radical (unpaired) electrons. The lowest BCUT2D eigenvalue weighted by Gasteiger charge is -2.25. The Kier molecular flexibility index (Phi) is 16.3. The number of alkyl carbamates (subject to hydrolysis) is 1. The average molecular weight is 532 g/mol. The highest BCUT2D eigenvalue weighted by molar-refractivity contribution is 6.50. The van der Waals surface area contributed by atoms with E-state index in [1.54, 1.807) is 13.8 Å². The summed E-state index contributed by atoms with van der Waals surface area (Å²) in [6.45, 7) is 6.77. The van der Waals surface area contributed by atoms with Crippen molar-refractivity contribution in [3.63, 3.8) is 0 Å². The first-order chi connectivity index (χ1) is 17.9. The van der Waals surface area contributed by atoms with Crippen LogP contribution >= 0.6 is 0 Å². The highest BCUT2D eigenvalue weighted by Gasteiger charge is 2.29. The Hall–Kier alpha value is -4.67. The van der Waals surface area contributed by atoms with Crippen molar-refractivity contribution >= 4 is 42.1 Å². The fourth-order valence-corrected chi connectivity index (χ4v) is 2.82. The summed E-state index contributed by atoms with van der Waals surface area (Å²) in [5, 5.41) is 16.1. The maximum Gasteiger partial charge on any atom is 0.408 e. The van der Waals surface area contributed by atoms with E-state index < -0.39 is 48.3 Å². The van der Waals surface area contributed by atoms with Crippen LogP contribution in [-0.2, 0) is 30.5 Å². The Balaban J connectivity index is 0.00000147. The first-order valence-corrected chi connectivity index (χ1v) is 11.6. The van der Waals surface area contributed by atoms with Crippen molar-refractivity contribution in [1.82, 2.24) is 16.0 Å². The van der Waals surface area contributed by atoms with E-state index in [0.29, 0.717) is 18.9 Å². The van der Waals surface area contributed by atoms with Crippen LogP contribution in [0, 0.1) is 11.8 Å². The summed E-state index contributed by atoms with van der Waals surface area (Å²) >= 11 is 0. The van der Waals surface area contributed by atoms with Crippen LogP contribution in [0.1, 0.15) is 39.7 Å². The Bertz CT molecular complexity index is 1030. The van der Waals surface area contributed by atoms with E-state index in [4.69, 9.17) is 20.9 Å². The number of rotatable bonds is 13. The van der Waals surface area contributed by atoms with Crippen LogP contribution in [-0.4, -0.2) is 75.4 Å². The summed E-state index contributed by atoms with van der Waals surface area (Å²) in [5.41, 5.74) is 16.1. The monoisotopic (exact) mass is 531 g/mol. The van der Waals surface area contributed by atoms with Gasteiger partial charge < -0.3 is 36.9 Å². The minimum absolute atomic E-state index is 0.0644. The van der Waals surface area contributed by atoms with Gasteiger partial charge in [0, 0.05) is 0 Å². The number of benzene rings is 1. The van der Waals surface area contributed by atoms with Gasteiger partial charge in [-0.05, 0) is 23.8 Å². The van der Waals surface area contributed by atoms with Gasteiger partial charge in [0.2, 0.25) is 11.8 Å². The van der Waals surface area contributed by atoms with Crippen molar-refractivity contribution in [2.75, 3.05) is 6.54 Å². The largest absolute Gasteiger partial charge is 0.480 e. The molecule has 1 rings (SSSR count). The second-order valence-electron chi connectivity index (χ2n) is 8.62. The first-order valence-electron chi connectivity index (χ1n) is 11.6. The summed E-state index contributed by atoms with van der Waals surface area (Å²) < 4.78 is 5.18. The third-order valence-corrected chi connectivity index (χ3v) is 4.56. The molecule has 0 fully saturated rings. The maximum absolute atomic E-state index is 12.8. The van der Waals surface area contributed by atoms with Gasteiger partial charge in [0.25, 0.3) is 0 Å². The summed E-state index contributed by atoms with van der Waals surface area (Å²) in [7, 11) is 0. The molecule has 3 amide bonds. The number of nitrogens with zero attached hydrogens (tertiary/aromatic N) is 4. The Labute approximate surface area is 220 Å². The SMILES string of the molecule is CC(C)C[C@H](NC(=O)OCc1ccccc1)C(=O)N[C@H](C(=O)NCC(=O)O)C(C)C.[N-]=[N+]=CC(=O)C=[N+]=[N-]. The van der Waals surface area contributed by atoms with E-state index in [9.17, 15) is 24.0 Å². The number of nitrogens with one attached hydrogen (secondary N) is 3. The molecule has 14 heteroatoms. The molecule has 0 bridgehead atoms. The maximum atomic E-state index is 12.8. The summed E-state index contributed by atoms with van der Waals surface area (Å²) in [6, 6.07) is 7.29. The number of hydrogen-bond donors (Lipinski definition) is 4. The van der Waals surface area contributed by atoms with Gasteiger partial charge >= 0.3 is 30.3 Å². The lowest BCUT2D eigenvalue weighted by Crippen LogP contribution is -2.56. The molecule has 0 aliphatic rings. The molecule has 0 aromatic heterocycles. The van der Waals surface area contributed by atoms with Gasteiger partial charge in [0.05, 0.1) is 0 Å². The molecule has 4 N–H and O–H groups in total. The normalized spacial score (nSPS) is 11.3. The fraction of sp³-hybridized carbons (Fsp3) is 0.458. The van der Waals surface area contributed by atoms with E-state index in [-0.39, 0.29) is 18.4 Å². The van der Waals surface area contributed by atoms with Crippen LogP contribution in [0.3, 0.4) is 0 Å². The van der Waals surface area contributed by atoms with E-state index in [2.05, 4.69) is 25.5 Å². The molecule has 206 valence electrons. The number of carboxylic acid groups (broad SMARTS) is 1. The zero-order chi connectivity index (χ0) is 29.1. The molecular weight excluding hydrogens is 498 g/mol. The molecule has 0 aliphatic heterocycles. The predicted octanol–water partition coefficient (Wildman–Crippen LogP) is 0.826. The molecule has 0 spiro atoms. The van der Waals surface area contributed by atoms with Crippen LogP contribution in [0.2, 0.25) is 0 Å². The third kappa shape index (κ3) is 15.4. The van der Waals surface area contributed by atoms with E-state index in [1.807, 2.05) is 44.2 Å². The van der Waals surface area contributed by atoms with Crippen molar-refractivity contribution in [3.8, 4) is 0 Å². The van der Waals surface area contributed by atoms with Crippen LogP contribution in [0.4, 0.5) is 4.79 Å². The van der Waals surface area contributed by atoms with Gasteiger partial charge in [-0.15, -0.1) is 0 Å². The lowest BCUT2D eigenvalue weighted by atomic mass is 10.00. The zero-order valence-corrected chi connectivity index (χ0v) is 21.7. The lowest BCUT2D eigenvalue weighted by molar-refractivity contribution is -0.138. The molecule has 2 atom stereocenters. The van der Waals surface area contributed by atoms with Crippen molar-refractivity contribution in [1.29, 1.82) is 0 Å². The molecule has 0 aliphatic carbocycles. The first kappa shape index (κ1) is 33.3. The number of carboxylic acids is 1. The zero-order valence-electron chi connectivity index (χ0n) is 21.7. The predicted molar refractivity (Wildman–Crippen MR) is 135 cm³/mol. The van der Waals surface area contributed by atoms with Gasteiger partial charge in [0.1, 0.15) is 25.2 Å². The molecule has 1 aromatic carbocycles. The van der Waals surface area contributed by atoms with E-state index in [0.717, 1.165) is 5.56 Å². The topological polar surface area (TPSA) is 224 Å². The second kappa shape index (κ2) is 18.6. The molecule has 0 unspecified atom stereocenters. The van der Waals surface area contributed by atoms with Gasteiger partial charge in [0.15, 0.2) is 0 Å². The van der Waals surface area contributed by atoms with Gasteiger partial charge in [-0.25, -0.2) is 4.79 Å². The van der Waals surface area contributed by atoms with Crippen LogP contribution in [0.15, 0.2) is 30.3 Å². The van der Waals surface area contributed by atoms with Crippen LogP contribution in [0.25, 0.3) is 11.1 Å². The van der Waals surface area contributed by atoms with Gasteiger partial charge in [-0.2, -0.15) is 9.58 Å². The second-order valence-corrected chi connectivity index (χ2v) is 8.62. The number of Topliss-reactive ketones (excluding diaryl/α,β-unsaturated/α-hetero) is 1. The highest BCUT2D eigenvalue weighted by Crippen LogP contribution is 2.09. The van der Waals surface area contributed by atoms with Gasteiger partial charge in [-0.1, -0.05) is 58.0 Å². The third-order valence-electron chi connectivity index (χ3n) is 4.56. The molecule has 38 heavy (non-hydrogen) atoms. The number of carbonyl (C=O) groups is 5. The quantitative estimate of drug-likeness (QED) is 0.163. The standard InChI is InChI=1S/C21H31N3O6.C3H2N4O/c1-13(2)10-16(23-21(29)30-12-15-8-6-5-7-9-15)19(27)24-18(14(3)4)20(28)22-11-17(25)26;4-6-1-3(8)2-7-5/h5-9,13-14,16,18H,10-12H2,1-4H3,(H,22,28)(H,23,29)(H,24,27)(H,25,26);1-2H/t16-,18-;/m0./s1. The number of carbonyl (C=O) groups excluding carboxylic acids is 4. The van der Waals surface area contributed by atoms with E-state index in [1.165, 1.54) is 0 Å². The molecule has 0 saturated heterocycles. The number of aliphatic carboxylic acids is 1. The van der Waals surface area contributed by atoms with Gasteiger partial charge in [-0.3, -0.25) is 19.2 Å². The summed E-state index contributed by atoms with van der Waals surface area (Å²) in [5.74, 6) is -3.19. The number of ether oxygens (including phenoxy) is 1. The van der Waals surface area contributed by atoms with Crippen molar-refractivity contribution < 1.29 is 43.4 Å². The van der Waals surface area contributed by atoms with Crippen LogP contribution in [0.5, 0.6) is 0 Å². The smallest absolute Gasteiger partial charge is 0.408 e. The molecule has 1 aromatic rings. The number of hydrogen-bond acceptors (Lipinski definition) is 6.